The second-order valence-electron chi connectivity index (χ2n) is 7.89. The van der Waals surface area contributed by atoms with Crippen LogP contribution in [0.2, 0.25) is 0 Å². The number of halogens is 2. The van der Waals surface area contributed by atoms with Crippen molar-refractivity contribution in [3.05, 3.63) is 72.3 Å². The molecule has 1 aliphatic heterocycles. The van der Waals surface area contributed by atoms with Crippen LogP contribution in [0.5, 0.6) is 5.75 Å². The molecule has 0 aliphatic carbocycles. The first-order valence-electron chi connectivity index (χ1n) is 10.8. The molecule has 2 amide bonds. The van der Waals surface area contributed by atoms with Gasteiger partial charge in [-0.25, -0.2) is 0 Å². The van der Waals surface area contributed by atoms with Gasteiger partial charge < -0.3 is 15.0 Å². The molecule has 3 aromatic carbocycles. The van der Waals surface area contributed by atoms with Gasteiger partial charge in [0.15, 0.2) is 0 Å². The Bertz CT molecular complexity index is 1140. The van der Waals surface area contributed by atoms with Crippen molar-refractivity contribution in [3.63, 3.8) is 0 Å². The highest BCUT2D eigenvalue weighted by Gasteiger charge is 2.29. The molecule has 8 heteroatoms. The molecule has 1 N–H and O–H groups in total. The van der Waals surface area contributed by atoms with Crippen LogP contribution < -0.4 is 10.1 Å². The minimum Gasteiger partial charge on any atom is -0.433 e. The van der Waals surface area contributed by atoms with E-state index in [9.17, 15) is 18.4 Å². The molecule has 4 rings (SSSR count). The molecule has 0 spiro atoms. The summed E-state index contributed by atoms with van der Waals surface area (Å²) in [6.45, 7) is 0.817. The molecule has 1 saturated heterocycles. The lowest BCUT2D eigenvalue weighted by molar-refractivity contribution is -0.121. The Morgan fingerprint density at radius 3 is 2.33 bits per heavy atom. The number of para-hydroxylation sites is 2. The quantitative estimate of drug-likeness (QED) is 0.607. The number of benzene rings is 3. The Morgan fingerprint density at radius 1 is 0.909 bits per heavy atom. The van der Waals surface area contributed by atoms with Crippen LogP contribution in [0.1, 0.15) is 17.3 Å². The molecule has 33 heavy (non-hydrogen) atoms. The maximum Gasteiger partial charge on any atom is 0.387 e. The van der Waals surface area contributed by atoms with Gasteiger partial charge in [0.25, 0.3) is 5.91 Å². The fraction of sp³-hybridized carbons (Fsp3) is 0.280. The molecule has 3 aromatic rings. The molecule has 1 atom stereocenters. The molecule has 1 unspecified atom stereocenters. The maximum atomic E-state index is 13.1. The number of nitrogens with zero attached hydrogens (tertiary/aromatic N) is 2. The Labute approximate surface area is 190 Å². The molecule has 0 bridgehead atoms. The van der Waals surface area contributed by atoms with Gasteiger partial charge >= 0.3 is 6.61 Å². The molecular formula is C25H25F2N3O3. The first-order chi connectivity index (χ1) is 15.9. The molecule has 0 saturated carbocycles. The van der Waals surface area contributed by atoms with Crippen molar-refractivity contribution in [2.75, 3.05) is 31.5 Å². The van der Waals surface area contributed by atoms with Crippen LogP contribution in [0.3, 0.4) is 0 Å². The summed E-state index contributed by atoms with van der Waals surface area (Å²) in [6.07, 6.45) is 0. The molecule has 0 radical (unpaired) electrons. The van der Waals surface area contributed by atoms with E-state index in [4.69, 9.17) is 0 Å². The highest BCUT2D eigenvalue weighted by Crippen LogP contribution is 2.26. The van der Waals surface area contributed by atoms with Gasteiger partial charge in [-0.1, -0.05) is 48.5 Å². The van der Waals surface area contributed by atoms with E-state index in [0.29, 0.717) is 31.7 Å². The number of nitrogens with one attached hydrogen (secondary N) is 1. The summed E-state index contributed by atoms with van der Waals surface area (Å²) in [6, 6.07) is 19.1. The minimum absolute atomic E-state index is 0.0263. The summed E-state index contributed by atoms with van der Waals surface area (Å²) in [5.41, 5.74) is 0.863. The van der Waals surface area contributed by atoms with Crippen LogP contribution in [0.4, 0.5) is 14.5 Å². The highest BCUT2D eigenvalue weighted by molar-refractivity contribution is 6.07. The van der Waals surface area contributed by atoms with Crippen molar-refractivity contribution in [2.45, 2.75) is 19.6 Å². The second-order valence-corrected chi connectivity index (χ2v) is 7.89. The predicted molar refractivity (Wildman–Crippen MR) is 123 cm³/mol. The summed E-state index contributed by atoms with van der Waals surface area (Å²) >= 11 is 0. The predicted octanol–water partition coefficient (Wildman–Crippen LogP) is 4.23. The van der Waals surface area contributed by atoms with Gasteiger partial charge in [0, 0.05) is 31.7 Å². The van der Waals surface area contributed by atoms with E-state index in [2.05, 4.69) is 10.1 Å². The molecule has 1 heterocycles. The maximum absolute atomic E-state index is 13.1. The third-order valence-corrected chi connectivity index (χ3v) is 5.91. The average molecular weight is 453 g/mol. The third kappa shape index (κ3) is 5.12. The summed E-state index contributed by atoms with van der Waals surface area (Å²) < 4.78 is 29.7. The first kappa shape index (κ1) is 22.7. The lowest BCUT2D eigenvalue weighted by Gasteiger charge is -2.37. The van der Waals surface area contributed by atoms with Gasteiger partial charge in [-0.3, -0.25) is 14.5 Å². The van der Waals surface area contributed by atoms with Gasteiger partial charge in [0.2, 0.25) is 5.91 Å². The van der Waals surface area contributed by atoms with Crippen molar-refractivity contribution >= 4 is 28.3 Å². The fourth-order valence-corrected chi connectivity index (χ4v) is 4.07. The van der Waals surface area contributed by atoms with E-state index in [1.807, 2.05) is 47.4 Å². The summed E-state index contributed by atoms with van der Waals surface area (Å²) in [5, 5.41) is 4.61. The zero-order valence-corrected chi connectivity index (χ0v) is 18.2. The number of alkyl halides is 2. The molecule has 172 valence electrons. The van der Waals surface area contributed by atoms with E-state index < -0.39 is 12.7 Å². The molecule has 1 fully saturated rings. The normalized spacial score (nSPS) is 15.5. The Kier molecular flexibility index (Phi) is 6.84. The second kappa shape index (κ2) is 9.95. The van der Waals surface area contributed by atoms with Gasteiger partial charge in [0.05, 0.1) is 11.7 Å². The fourth-order valence-electron chi connectivity index (χ4n) is 4.07. The monoisotopic (exact) mass is 453 g/mol. The zero-order chi connectivity index (χ0) is 23.4. The van der Waals surface area contributed by atoms with Crippen LogP contribution in [0.15, 0.2) is 66.7 Å². The Morgan fingerprint density at radius 2 is 1.58 bits per heavy atom. The van der Waals surface area contributed by atoms with E-state index >= 15 is 0 Å². The van der Waals surface area contributed by atoms with Crippen LogP contribution in [0, 0.1) is 0 Å². The van der Waals surface area contributed by atoms with Gasteiger partial charge in [-0.15, -0.1) is 0 Å². The van der Waals surface area contributed by atoms with Gasteiger partial charge in [0.1, 0.15) is 5.75 Å². The number of piperazine rings is 1. The van der Waals surface area contributed by atoms with E-state index in [1.165, 1.54) is 12.1 Å². The lowest BCUT2D eigenvalue weighted by Crippen LogP contribution is -2.54. The van der Waals surface area contributed by atoms with Crippen molar-refractivity contribution in [1.29, 1.82) is 0 Å². The number of fused-ring (bicyclic) bond motifs is 1. The standard InChI is InChI=1S/C25H25F2N3O3/c1-17(23(31)28-21-11-4-5-12-22(21)33-25(26)27)29-13-15-30(16-14-29)24(32)20-10-6-8-18-7-2-3-9-19(18)20/h2-12,17,25H,13-16H2,1H3,(H,28,31). The number of anilines is 1. The van der Waals surface area contributed by atoms with E-state index in [1.54, 1.807) is 24.0 Å². The highest BCUT2D eigenvalue weighted by atomic mass is 19.3. The van der Waals surface area contributed by atoms with E-state index in [-0.39, 0.29) is 23.3 Å². The number of hydrogen-bond acceptors (Lipinski definition) is 4. The smallest absolute Gasteiger partial charge is 0.387 e. The van der Waals surface area contributed by atoms with Crippen LogP contribution in [-0.2, 0) is 4.79 Å². The number of rotatable bonds is 6. The third-order valence-electron chi connectivity index (χ3n) is 5.91. The molecule has 6 nitrogen and oxygen atoms in total. The molecular weight excluding hydrogens is 428 g/mol. The first-order valence-corrected chi connectivity index (χ1v) is 10.8. The van der Waals surface area contributed by atoms with Crippen LogP contribution in [-0.4, -0.2) is 60.4 Å². The van der Waals surface area contributed by atoms with Gasteiger partial charge in [-0.05, 0) is 35.9 Å². The van der Waals surface area contributed by atoms with Crippen molar-refractivity contribution in [2.24, 2.45) is 0 Å². The summed E-state index contributed by atoms with van der Waals surface area (Å²) in [4.78, 5) is 29.7. The topological polar surface area (TPSA) is 61.9 Å². The summed E-state index contributed by atoms with van der Waals surface area (Å²) in [7, 11) is 0. The molecule has 1 aliphatic rings. The van der Waals surface area contributed by atoms with Crippen LogP contribution >= 0.6 is 0 Å². The van der Waals surface area contributed by atoms with Gasteiger partial charge in [-0.2, -0.15) is 8.78 Å². The lowest BCUT2D eigenvalue weighted by atomic mass is 10.0. The number of carbonyl (C=O) groups is 2. The van der Waals surface area contributed by atoms with Crippen molar-refractivity contribution in [1.82, 2.24) is 9.80 Å². The SMILES string of the molecule is CC(C(=O)Nc1ccccc1OC(F)F)N1CCN(C(=O)c2cccc3ccccc23)CC1. The van der Waals surface area contributed by atoms with Crippen molar-refractivity contribution in [3.8, 4) is 5.75 Å². The summed E-state index contributed by atoms with van der Waals surface area (Å²) in [5.74, 6) is -0.436. The number of ether oxygens (including phenoxy) is 1. The van der Waals surface area contributed by atoms with Crippen molar-refractivity contribution < 1.29 is 23.1 Å². The number of carbonyl (C=O) groups excluding carboxylic acids is 2. The zero-order valence-electron chi connectivity index (χ0n) is 18.2. The average Bonchev–Trinajstić information content (AvgIpc) is 2.83. The Hall–Kier alpha value is -3.52. The van der Waals surface area contributed by atoms with E-state index in [0.717, 1.165) is 10.8 Å². The largest absolute Gasteiger partial charge is 0.433 e. The number of amides is 2. The minimum atomic E-state index is -2.98. The van der Waals surface area contributed by atoms with Crippen LogP contribution in [0.25, 0.3) is 10.8 Å². The molecule has 0 aromatic heterocycles. The Balaban J connectivity index is 1.38. The number of hydrogen-bond donors (Lipinski definition) is 1.